The number of benzene rings is 1. The number of imidazole rings is 1. The Morgan fingerprint density at radius 1 is 1.27 bits per heavy atom. The first-order valence-corrected chi connectivity index (χ1v) is 8.48. The Morgan fingerprint density at radius 3 is 2.91 bits per heavy atom. The molecule has 0 amide bonds. The monoisotopic (exact) mass is 297 g/mol. The molecule has 0 radical (unpaired) electrons. The molecule has 0 aliphatic carbocycles. The Hall–Kier alpha value is -1.61. The van der Waals surface area contributed by atoms with Gasteiger partial charge in [-0.15, -0.1) is 0 Å². The van der Waals surface area contributed by atoms with Crippen molar-refractivity contribution in [1.82, 2.24) is 14.9 Å². The van der Waals surface area contributed by atoms with Gasteiger partial charge in [0.15, 0.2) is 0 Å². The third kappa shape index (κ3) is 3.98. The average molecular weight is 297 g/mol. The summed E-state index contributed by atoms with van der Waals surface area (Å²) in [6.07, 6.45) is 7.21. The van der Waals surface area contributed by atoms with Crippen LogP contribution in [0, 0.1) is 19.8 Å². The van der Waals surface area contributed by atoms with Crippen molar-refractivity contribution in [3.8, 4) is 0 Å². The second-order valence-electron chi connectivity index (χ2n) is 6.70. The van der Waals surface area contributed by atoms with E-state index in [1.165, 1.54) is 55.6 Å². The number of likely N-dealkylation sites (tertiary alicyclic amines) is 1. The molecule has 1 N–H and O–H groups in total. The maximum Gasteiger partial charge on any atom is 0.103 e. The van der Waals surface area contributed by atoms with E-state index in [4.69, 9.17) is 0 Å². The highest BCUT2D eigenvalue weighted by molar-refractivity contribution is 5.25. The summed E-state index contributed by atoms with van der Waals surface area (Å²) in [4.78, 5) is 10.2. The van der Waals surface area contributed by atoms with Crippen LogP contribution in [0.5, 0.6) is 0 Å². The van der Waals surface area contributed by atoms with Crippen LogP contribution in [0.1, 0.15) is 41.9 Å². The third-order valence-electron chi connectivity index (χ3n) is 4.84. The molecule has 1 saturated heterocycles. The van der Waals surface area contributed by atoms with Crippen LogP contribution < -0.4 is 0 Å². The smallest absolute Gasteiger partial charge is 0.103 e. The maximum absolute atomic E-state index is 4.30. The Morgan fingerprint density at radius 2 is 2.14 bits per heavy atom. The minimum absolute atomic E-state index is 0.831. The summed E-state index contributed by atoms with van der Waals surface area (Å²) in [5, 5.41) is 0. The molecular weight excluding hydrogens is 270 g/mol. The van der Waals surface area contributed by atoms with Crippen molar-refractivity contribution in [2.75, 3.05) is 13.1 Å². The molecule has 3 heteroatoms. The van der Waals surface area contributed by atoms with E-state index in [0.717, 1.165) is 18.3 Å². The van der Waals surface area contributed by atoms with E-state index in [1.54, 1.807) is 0 Å². The molecule has 1 aromatic carbocycles. The fraction of sp³-hybridized carbons (Fsp3) is 0.526. The number of aromatic nitrogens is 2. The lowest BCUT2D eigenvalue weighted by Crippen LogP contribution is -2.35. The van der Waals surface area contributed by atoms with Gasteiger partial charge in [-0.05, 0) is 63.1 Å². The van der Waals surface area contributed by atoms with Crippen LogP contribution in [-0.2, 0) is 13.0 Å². The molecule has 1 fully saturated rings. The average Bonchev–Trinajstić information content (AvgIpc) is 2.92. The van der Waals surface area contributed by atoms with E-state index in [0.29, 0.717) is 0 Å². The molecule has 2 aromatic rings. The zero-order valence-electron chi connectivity index (χ0n) is 13.8. The van der Waals surface area contributed by atoms with Gasteiger partial charge in [0.05, 0.1) is 0 Å². The largest absolute Gasteiger partial charge is 0.345 e. The summed E-state index contributed by atoms with van der Waals surface area (Å²) in [5.74, 6) is 1.85. The van der Waals surface area contributed by atoms with Gasteiger partial charge >= 0.3 is 0 Å². The predicted octanol–water partition coefficient (Wildman–Crippen LogP) is 3.87. The first kappa shape index (κ1) is 15.3. The lowest BCUT2D eigenvalue weighted by atomic mass is 9.90. The van der Waals surface area contributed by atoms with Crippen molar-refractivity contribution in [1.29, 1.82) is 0 Å². The molecule has 3 rings (SSSR count). The first-order chi connectivity index (χ1) is 10.7. The number of H-pyrrole nitrogens is 1. The molecule has 0 saturated carbocycles. The summed E-state index contributed by atoms with van der Waals surface area (Å²) in [7, 11) is 0. The van der Waals surface area contributed by atoms with Crippen molar-refractivity contribution in [2.24, 2.45) is 5.92 Å². The van der Waals surface area contributed by atoms with Crippen molar-refractivity contribution in [3.05, 3.63) is 53.1 Å². The summed E-state index contributed by atoms with van der Waals surface area (Å²) >= 11 is 0. The van der Waals surface area contributed by atoms with Crippen molar-refractivity contribution >= 4 is 0 Å². The SMILES string of the molecule is Cc1ncc(CN2CCC[C@@H](CCc3ccccc3C)C2)[nH]1. The molecule has 2 heterocycles. The molecule has 118 valence electrons. The van der Waals surface area contributed by atoms with Crippen LogP contribution in [0.15, 0.2) is 30.5 Å². The predicted molar refractivity (Wildman–Crippen MR) is 90.8 cm³/mol. The van der Waals surface area contributed by atoms with Crippen LogP contribution in [-0.4, -0.2) is 28.0 Å². The fourth-order valence-corrected chi connectivity index (χ4v) is 3.57. The minimum atomic E-state index is 0.831. The Balaban J connectivity index is 1.51. The van der Waals surface area contributed by atoms with E-state index in [-0.39, 0.29) is 0 Å². The van der Waals surface area contributed by atoms with Gasteiger partial charge in [-0.3, -0.25) is 4.90 Å². The fourth-order valence-electron chi connectivity index (χ4n) is 3.57. The Bertz CT molecular complexity index is 602. The normalized spacial score (nSPS) is 19.5. The number of nitrogens with one attached hydrogen (secondary N) is 1. The highest BCUT2D eigenvalue weighted by Gasteiger charge is 2.20. The number of rotatable bonds is 5. The van der Waals surface area contributed by atoms with Gasteiger partial charge in [0.1, 0.15) is 5.82 Å². The number of piperidine rings is 1. The van der Waals surface area contributed by atoms with Crippen molar-refractivity contribution in [3.63, 3.8) is 0 Å². The molecule has 1 aliphatic heterocycles. The second-order valence-corrected chi connectivity index (χ2v) is 6.70. The van der Waals surface area contributed by atoms with E-state index in [1.807, 2.05) is 13.1 Å². The van der Waals surface area contributed by atoms with Crippen LogP contribution >= 0.6 is 0 Å². The van der Waals surface area contributed by atoms with Crippen LogP contribution in [0.2, 0.25) is 0 Å². The van der Waals surface area contributed by atoms with Crippen LogP contribution in [0.25, 0.3) is 0 Å². The molecule has 3 nitrogen and oxygen atoms in total. The lowest BCUT2D eigenvalue weighted by Gasteiger charge is -2.32. The molecule has 1 aromatic heterocycles. The van der Waals surface area contributed by atoms with Gasteiger partial charge < -0.3 is 4.98 Å². The lowest BCUT2D eigenvalue weighted by molar-refractivity contribution is 0.160. The number of hydrogen-bond donors (Lipinski definition) is 1. The summed E-state index contributed by atoms with van der Waals surface area (Å²) in [5.41, 5.74) is 4.20. The first-order valence-electron chi connectivity index (χ1n) is 8.48. The number of aromatic amines is 1. The Kier molecular flexibility index (Phi) is 4.94. The summed E-state index contributed by atoms with van der Waals surface area (Å²) < 4.78 is 0. The zero-order valence-corrected chi connectivity index (χ0v) is 13.8. The highest BCUT2D eigenvalue weighted by atomic mass is 15.1. The third-order valence-corrected chi connectivity index (χ3v) is 4.84. The quantitative estimate of drug-likeness (QED) is 0.908. The van der Waals surface area contributed by atoms with E-state index in [9.17, 15) is 0 Å². The standard InChI is InChI=1S/C19H27N3/c1-15-6-3-4-8-18(15)10-9-17-7-5-11-22(13-17)14-19-12-20-16(2)21-19/h3-4,6,8,12,17H,5,7,9-11,13-14H2,1-2H3,(H,20,21)/t17-/m0/s1. The number of nitrogens with zero attached hydrogens (tertiary/aromatic N) is 2. The van der Waals surface area contributed by atoms with E-state index < -0.39 is 0 Å². The summed E-state index contributed by atoms with van der Waals surface area (Å²) in [6.45, 7) is 7.71. The van der Waals surface area contributed by atoms with Gasteiger partial charge in [0.25, 0.3) is 0 Å². The van der Waals surface area contributed by atoms with Gasteiger partial charge in [-0.1, -0.05) is 24.3 Å². The molecule has 22 heavy (non-hydrogen) atoms. The van der Waals surface area contributed by atoms with Crippen molar-refractivity contribution < 1.29 is 0 Å². The molecule has 1 atom stereocenters. The van der Waals surface area contributed by atoms with E-state index in [2.05, 4.69) is 46.1 Å². The molecule has 0 unspecified atom stereocenters. The molecule has 0 bridgehead atoms. The topological polar surface area (TPSA) is 31.9 Å². The van der Waals surface area contributed by atoms with Gasteiger partial charge in [0.2, 0.25) is 0 Å². The minimum Gasteiger partial charge on any atom is -0.345 e. The van der Waals surface area contributed by atoms with Gasteiger partial charge in [-0.25, -0.2) is 4.98 Å². The van der Waals surface area contributed by atoms with Crippen LogP contribution in [0.3, 0.4) is 0 Å². The van der Waals surface area contributed by atoms with Crippen LogP contribution in [0.4, 0.5) is 0 Å². The molecular formula is C19H27N3. The van der Waals surface area contributed by atoms with Crippen molar-refractivity contribution in [2.45, 2.75) is 46.1 Å². The highest BCUT2D eigenvalue weighted by Crippen LogP contribution is 2.23. The van der Waals surface area contributed by atoms with E-state index >= 15 is 0 Å². The number of aryl methyl sites for hydroxylation is 3. The second kappa shape index (κ2) is 7.10. The molecule has 1 aliphatic rings. The summed E-state index contributed by atoms with van der Waals surface area (Å²) in [6, 6.07) is 8.80. The molecule has 0 spiro atoms. The van der Waals surface area contributed by atoms with Gasteiger partial charge in [-0.2, -0.15) is 0 Å². The maximum atomic E-state index is 4.30. The number of hydrogen-bond acceptors (Lipinski definition) is 2. The zero-order chi connectivity index (χ0) is 15.4. The Labute approximate surface area is 133 Å². The van der Waals surface area contributed by atoms with Gasteiger partial charge in [0, 0.05) is 25.0 Å².